The number of halogens is 7. The van der Waals surface area contributed by atoms with E-state index in [1.54, 1.807) is 0 Å². The molecule has 2 aromatic carbocycles. The molecule has 2 fully saturated rings. The molecule has 2 aliphatic rings. The van der Waals surface area contributed by atoms with Gasteiger partial charge in [-0.15, -0.1) is 0 Å². The Bertz CT molecular complexity index is 1100. The van der Waals surface area contributed by atoms with Crippen LogP contribution < -0.4 is 15.8 Å². The number of piperidine rings is 1. The van der Waals surface area contributed by atoms with Gasteiger partial charge in [0.15, 0.2) is 0 Å². The minimum Gasteiger partial charge on any atom is -0.492 e. The molecule has 4 N–H and O–H groups in total. The summed E-state index contributed by atoms with van der Waals surface area (Å²) in [6.45, 7) is 4.13. The fraction of sp³-hybridized carbons (Fsp3) is 0.519. The zero-order valence-electron chi connectivity index (χ0n) is 21.1. The van der Waals surface area contributed by atoms with Crippen molar-refractivity contribution in [2.24, 2.45) is 5.92 Å². The highest BCUT2D eigenvalue weighted by Crippen LogP contribution is 2.39. The second-order valence-electron chi connectivity index (χ2n) is 10.1. The lowest BCUT2D eigenvalue weighted by Crippen LogP contribution is -2.46. The van der Waals surface area contributed by atoms with E-state index in [0.717, 1.165) is 29.7 Å². The Labute approximate surface area is 217 Å². The molecule has 0 amide bonds. The van der Waals surface area contributed by atoms with Crippen molar-refractivity contribution in [2.45, 2.75) is 76.3 Å². The third kappa shape index (κ3) is 7.85. The van der Waals surface area contributed by atoms with Gasteiger partial charge in [-0.05, 0) is 61.4 Å². The predicted octanol–water partition coefficient (Wildman–Crippen LogP) is 7.71. The smallest absolute Gasteiger partial charge is 0.418 e. The largest absolute Gasteiger partial charge is 0.492 e. The molecule has 2 aromatic rings. The van der Waals surface area contributed by atoms with Gasteiger partial charge in [0, 0.05) is 12.1 Å². The Morgan fingerprint density at radius 3 is 2.08 bits per heavy atom. The van der Waals surface area contributed by atoms with Gasteiger partial charge in [0.25, 0.3) is 0 Å². The van der Waals surface area contributed by atoms with E-state index in [2.05, 4.69) is 12.2 Å². The summed E-state index contributed by atoms with van der Waals surface area (Å²) in [4.78, 5) is 0. The summed E-state index contributed by atoms with van der Waals surface area (Å²) in [5.74, 6) is -0.922. The fourth-order valence-electron chi connectivity index (χ4n) is 4.67. The summed E-state index contributed by atoms with van der Waals surface area (Å²) in [5.41, 5.74) is 2.45. The van der Waals surface area contributed by atoms with Crippen LogP contribution in [-0.2, 0) is 12.4 Å². The Morgan fingerprint density at radius 2 is 1.61 bits per heavy atom. The van der Waals surface area contributed by atoms with Crippen LogP contribution in [0, 0.1) is 11.3 Å². The van der Waals surface area contributed by atoms with Crippen LogP contribution in [0.1, 0.15) is 74.1 Å². The SMILES string of the molecule is CC1CC(c2ccc(C(F)(F)F)cc2)CC(COc2cc(C(=N)F)c(N)c(C(F)(F)F)c2)N1.CC1CCC1. The Hall–Kier alpha value is -2.82. The molecule has 3 atom stereocenters. The molecule has 0 radical (unpaired) electrons. The Balaban J connectivity index is 0.000000715. The first kappa shape index (κ1) is 29.7. The highest BCUT2D eigenvalue weighted by molar-refractivity contribution is 5.97. The number of hydrogen-bond acceptors (Lipinski definition) is 4. The van der Waals surface area contributed by atoms with Crippen LogP contribution in [0.4, 0.5) is 36.4 Å². The summed E-state index contributed by atoms with van der Waals surface area (Å²) in [7, 11) is 0. The first-order valence-electron chi connectivity index (χ1n) is 12.5. The molecular formula is C27H32F7N3O. The van der Waals surface area contributed by atoms with Gasteiger partial charge in [0.1, 0.15) is 12.4 Å². The maximum atomic E-state index is 13.4. The van der Waals surface area contributed by atoms with Crippen LogP contribution in [0.3, 0.4) is 0 Å². The topological polar surface area (TPSA) is 71.1 Å². The summed E-state index contributed by atoms with van der Waals surface area (Å²) >= 11 is 0. The van der Waals surface area contributed by atoms with E-state index in [-0.39, 0.29) is 30.4 Å². The molecule has 1 saturated carbocycles. The molecule has 1 aliphatic heterocycles. The number of rotatable bonds is 5. The Morgan fingerprint density at radius 1 is 1.00 bits per heavy atom. The third-order valence-corrected chi connectivity index (χ3v) is 6.98. The van der Waals surface area contributed by atoms with Crippen LogP contribution in [0.25, 0.3) is 0 Å². The quantitative estimate of drug-likeness (QED) is 0.204. The molecule has 4 nitrogen and oxygen atoms in total. The molecule has 1 heterocycles. The average molecular weight is 548 g/mol. The first-order chi connectivity index (χ1) is 17.6. The van der Waals surface area contributed by atoms with Gasteiger partial charge in [0.05, 0.1) is 22.4 Å². The van der Waals surface area contributed by atoms with Crippen LogP contribution in [0.5, 0.6) is 5.75 Å². The fourth-order valence-corrected chi connectivity index (χ4v) is 4.67. The molecule has 11 heteroatoms. The van der Waals surface area contributed by atoms with E-state index in [9.17, 15) is 30.7 Å². The van der Waals surface area contributed by atoms with Crippen molar-refractivity contribution in [3.8, 4) is 5.75 Å². The maximum Gasteiger partial charge on any atom is 0.418 e. The van der Waals surface area contributed by atoms with Crippen molar-refractivity contribution >= 4 is 11.7 Å². The van der Waals surface area contributed by atoms with E-state index in [4.69, 9.17) is 15.9 Å². The van der Waals surface area contributed by atoms with Crippen molar-refractivity contribution in [2.75, 3.05) is 12.3 Å². The van der Waals surface area contributed by atoms with Crippen LogP contribution in [0.15, 0.2) is 36.4 Å². The normalized spacial score (nSPS) is 22.2. The van der Waals surface area contributed by atoms with E-state index in [1.807, 2.05) is 6.92 Å². The van der Waals surface area contributed by atoms with Gasteiger partial charge in [-0.25, -0.2) is 0 Å². The summed E-state index contributed by atoms with van der Waals surface area (Å²) in [6, 6.07) is 6.15. The lowest BCUT2D eigenvalue weighted by molar-refractivity contribution is -0.138. The van der Waals surface area contributed by atoms with Crippen LogP contribution >= 0.6 is 0 Å². The van der Waals surface area contributed by atoms with Crippen molar-refractivity contribution in [3.63, 3.8) is 0 Å². The summed E-state index contributed by atoms with van der Waals surface area (Å²) < 4.78 is 97.1. The van der Waals surface area contributed by atoms with Gasteiger partial charge < -0.3 is 15.8 Å². The van der Waals surface area contributed by atoms with E-state index in [1.165, 1.54) is 31.4 Å². The van der Waals surface area contributed by atoms with Crippen molar-refractivity contribution < 1.29 is 35.5 Å². The number of nitrogens with two attached hydrogens (primary N) is 1. The Kier molecular flexibility index (Phi) is 9.33. The van der Waals surface area contributed by atoms with Crippen LogP contribution in [0.2, 0.25) is 0 Å². The van der Waals surface area contributed by atoms with Crippen molar-refractivity contribution in [3.05, 3.63) is 58.7 Å². The minimum absolute atomic E-state index is 0.0219. The molecule has 1 aliphatic carbocycles. The number of nitrogens with one attached hydrogen (secondary N) is 2. The monoisotopic (exact) mass is 547 g/mol. The van der Waals surface area contributed by atoms with Crippen molar-refractivity contribution in [1.29, 1.82) is 5.41 Å². The van der Waals surface area contributed by atoms with Gasteiger partial charge in [0.2, 0.25) is 5.97 Å². The van der Waals surface area contributed by atoms with E-state index >= 15 is 0 Å². The summed E-state index contributed by atoms with van der Waals surface area (Å²) in [5, 5.41) is 10.3. The van der Waals surface area contributed by atoms with Gasteiger partial charge in [-0.2, -0.15) is 30.7 Å². The molecule has 0 aromatic heterocycles. The van der Waals surface area contributed by atoms with Gasteiger partial charge >= 0.3 is 12.4 Å². The molecule has 38 heavy (non-hydrogen) atoms. The van der Waals surface area contributed by atoms with Crippen LogP contribution in [-0.4, -0.2) is 24.7 Å². The number of hydrogen-bond donors (Lipinski definition) is 3. The second kappa shape index (κ2) is 11.9. The second-order valence-corrected chi connectivity index (χ2v) is 10.1. The lowest BCUT2D eigenvalue weighted by atomic mass is 9.83. The molecule has 1 saturated heterocycles. The molecule has 0 spiro atoms. The third-order valence-electron chi connectivity index (χ3n) is 6.98. The predicted molar refractivity (Wildman–Crippen MR) is 132 cm³/mol. The van der Waals surface area contributed by atoms with E-state index in [0.29, 0.717) is 18.9 Å². The van der Waals surface area contributed by atoms with E-state index < -0.39 is 40.7 Å². The number of nitrogen functional groups attached to an aromatic ring is 1. The molecule has 0 bridgehead atoms. The molecule has 210 valence electrons. The number of ether oxygens (including phenoxy) is 1. The number of benzene rings is 2. The molecular weight excluding hydrogens is 515 g/mol. The van der Waals surface area contributed by atoms with Gasteiger partial charge in [-0.3, -0.25) is 5.41 Å². The lowest BCUT2D eigenvalue weighted by Gasteiger charge is -2.35. The minimum atomic E-state index is -4.86. The highest BCUT2D eigenvalue weighted by atomic mass is 19.4. The highest BCUT2D eigenvalue weighted by Gasteiger charge is 2.36. The molecule has 3 unspecified atom stereocenters. The maximum absolute atomic E-state index is 13.4. The number of alkyl halides is 6. The molecule has 4 rings (SSSR count). The van der Waals surface area contributed by atoms with Gasteiger partial charge in [-0.1, -0.05) is 38.3 Å². The first-order valence-corrected chi connectivity index (χ1v) is 12.5. The number of anilines is 1. The standard InChI is InChI=1S/C22H22F7N3O.C5H10/c1-11-6-13(12-2-4-14(5-3-12)21(24,25)26)7-15(32-11)10-33-16-8-17(20(23)31)19(30)18(9-16)22(27,28)29;1-5-3-2-4-5/h2-5,8-9,11,13,15,31-32H,6-7,10,30H2,1H3;5H,2-4H2,1H3. The van der Waals surface area contributed by atoms with Crippen molar-refractivity contribution in [1.82, 2.24) is 5.32 Å². The zero-order valence-corrected chi connectivity index (χ0v) is 21.1. The zero-order chi connectivity index (χ0) is 28.3. The average Bonchev–Trinajstić information content (AvgIpc) is 2.80. The summed E-state index contributed by atoms with van der Waals surface area (Å²) in [6.07, 6.45) is -3.70.